The minimum Gasteiger partial charge on any atom is -0.391 e. The van der Waals surface area contributed by atoms with Gasteiger partial charge in [0.05, 0.1) is 24.8 Å². The maximum absolute atomic E-state index is 13.8. The Balaban J connectivity index is 1.78. The van der Waals surface area contributed by atoms with E-state index < -0.39 is 24.2 Å². The van der Waals surface area contributed by atoms with Crippen LogP contribution < -0.4 is 5.32 Å². The van der Waals surface area contributed by atoms with Crippen LogP contribution in [0.5, 0.6) is 0 Å². The largest absolute Gasteiger partial charge is 0.391 e. The molecule has 0 aliphatic heterocycles. The lowest BCUT2D eigenvalue weighted by Gasteiger charge is -2.28. The maximum Gasteiger partial charge on any atom is 0.254 e. The summed E-state index contributed by atoms with van der Waals surface area (Å²) in [5.74, 6) is -0.544. The number of Topliss-reactive ketones (excluding diaryl/α,β-unsaturated/α-hetero) is 2. The van der Waals surface area contributed by atoms with Gasteiger partial charge in [0.15, 0.2) is 11.6 Å². The Bertz CT molecular complexity index is 1420. The van der Waals surface area contributed by atoms with E-state index in [1.54, 1.807) is 30.1 Å². The summed E-state index contributed by atoms with van der Waals surface area (Å²) in [5, 5.41) is 28.2. The first-order chi connectivity index (χ1) is 21.9. The Kier molecular flexibility index (Phi) is 14.7. The minimum atomic E-state index is -0.961. The Morgan fingerprint density at radius 1 is 0.978 bits per heavy atom. The number of benzene rings is 2. The van der Waals surface area contributed by atoms with Crippen molar-refractivity contribution in [3.8, 4) is 0 Å². The number of nitrogens with zero attached hydrogens (tertiary/aromatic N) is 2. The molecule has 0 aliphatic rings. The highest BCUT2D eigenvalue weighted by Crippen LogP contribution is 2.22. The van der Waals surface area contributed by atoms with Crippen LogP contribution in [0.4, 0.5) is 0 Å². The molecule has 0 aliphatic carbocycles. The molecule has 0 radical (unpaired) electrons. The molecule has 1 amide bonds. The van der Waals surface area contributed by atoms with Gasteiger partial charge in [-0.15, -0.1) is 11.3 Å². The predicted octanol–water partition coefficient (Wildman–Crippen LogP) is 5.95. The molecule has 0 fully saturated rings. The number of amides is 1. The van der Waals surface area contributed by atoms with Gasteiger partial charge in [-0.05, 0) is 74.3 Å². The molecule has 2 aromatic carbocycles. The summed E-state index contributed by atoms with van der Waals surface area (Å²) in [6.45, 7) is 10.3. The lowest BCUT2D eigenvalue weighted by Crippen LogP contribution is -2.49. The molecule has 8 nitrogen and oxygen atoms in total. The number of carbonyl (C=O) groups excluding carboxylic acids is 3. The zero-order valence-corrected chi connectivity index (χ0v) is 29.0. The molecule has 1 aromatic heterocycles. The molecule has 3 aromatic rings. The molecule has 4 atom stereocenters. The van der Waals surface area contributed by atoms with E-state index in [4.69, 9.17) is 0 Å². The molecule has 3 N–H and O–H groups in total. The fourth-order valence-corrected chi connectivity index (χ4v) is 6.41. The Labute approximate surface area is 278 Å². The van der Waals surface area contributed by atoms with Gasteiger partial charge in [-0.2, -0.15) is 0 Å². The van der Waals surface area contributed by atoms with Crippen LogP contribution in [-0.4, -0.2) is 69.4 Å². The van der Waals surface area contributed by atoms with Crippen molar-refractivity contribution in [2.45, 2.75) is 97.9 Å². The van der Waals surface area contributed by atoms with Crippen molar-refractivity contribution in [3.63, 3.8) is 0 Å². The normalized spacial score (nSPS) is 14.1. The quantitative estimate of drug-likeness (QED) is 0.137. The molecule has 3 rings (SSSR count). The van der Waals surface area contributed by atoms with Crippen LogP contribution in [0, 0.1) is 25.7 Å². The standard InChI is InChI=1S/C37H51N3O5S/c1-7-11-31(41)36(32(42)15-14-24(2)3)38-21-34(44)29(18-27-12-9-8-10-13-27)20-33(43)28-16-25(4)17-30(19-28)37(45)40(6)22-35-39-26(5)23-46-35/h8-10,12-13,16-17,19,23-24,29,31,34,36,38,41,44H,7,11,14-15,18,20-22H2,1-6H3/t29-,31+,34-,36?/m1/s1. The molecule has 0 bridgehead atoms. The van der Waals surface area contributed by atoms with Crippen LogP contribution in [-0.2, 0) is 17.8 Å². The smallest absolute Gasteiger partial charge is 0.254 e. The molecule has 46 heavy (non-hydrogen) atoms. The average molecular weight is 650 g/mol. The number of aryl methyl sites for hydroxylation is 2. The third-order valence-corrected chi connectivity index (χ3v) is 9.15. The summed E-state index contributed by atoms with van der Waals surface area (Å²) in [6, 6.07) is 14.1. The first-order valence-corrected chi connectivity index (χ1v) is 17.2. The predicted molar refractivity (Wildman–Crippen MR) is 184 cm³/mol. The van der Waals surface area contributed by atoms with Gasteiger partial charge in [0.2, 0.25) is 0 Å². The Hall–Kier alpha value is -3.24. The number of hydrogen-bond acceptors (Lipinski definition) is 8. The van der Waals surface area contributed by atoms with Crippen molar-refractivity contribution < 1.29 is 24.6 Å². The van der Waals surface area contributed by atoms with E-state index >= 15 is 0 Å². The number of thiazole rings is 1. The molecule has 1 unspecified atom stereocenters. The molecule has 0 spiro atoms. The van der Waals surface area contributed by atoms with Crippen LogP contribution in [0.25, 0.3) is 0 Å². The lowest BCUT2D eigenvalue weighted by atomic mass is 9.86. The van der Waals surface area contributed by atoms with Crippen LogP contribution >= 0.6 is 11.3 Å². The van der Waals surface area contributed by atoms with Crippen molar-refractivity contribution in [1.29, 1.82) is 0 Å². The zero-order chi connectivity index (χ0) is 33.8. The number of aromatic nitrogens is 1. The average Bonchev–Trinajstić information content (AvgIpc) is 3.43. The summed E-state index contributed by atoms with van der Waals surface area (Å²) in [6.07, 6.45) is 0.963. The number of ketones is 2. The lowest BCUT2D eigenvalue weighted by molar-refractivity contribution is -0.124. The summed E-state index contributed by atoms with van der Waals surface area (Å²) in [4.78, 5) is 46.2. The van der Waals surface area contributed by atoms with E-state index in [0.29, 0.717) is 42.9 Å². The summed E-state index contributed by atoms with van der Waals surface area (Å²) in [5.41, 5.74) is 3.53. The third kappa shape index (κ3) is 11.5. The van der Waals surface area contributed by atoms with Crippen molar-refractivity contribution >= 4 is 28.8 Å². The van der Waals surface area contributed by atoms with Crippen LogP contribution in [0.2, 0.25) is 0 Å². The highest BCUT2D eigenvalue weighted by Gasteiger charge is 2.29. The van der Waals surface area contributed by atoms with Gasteiger partial charge >= 0.3 is 0 Å². The summed E-state index contributed by atoms with van der Waals surface area (Å²) < 4.78 is 0. The molecular weight excluding hydrogens is 598 g/mol. The molecular formula is C37H51N3O5S. The summed E-state index contributed by atoms with van der Waals surface area (Å²) in [7, 11) is 1.72. The zero-order valence-electron chi connectivity index (χ0n) is 28.2. The van der Waals surface area contributed by atoms with Gasteiger partial charge in [0, 0.05) is 48.6 Å². The van der Waals surface area contributed by atoms with Crippen molar-refractivity contribution in [2.75, 3.05) is 13.6 Å². The Morgan fingerprint density at radius 3 is 2.30 bits per heavy atom. The van der Waals surface area contributed by atoms with Gasteiger partial charge in [0.1, 0.15) is 5.01 Å². The summed E-state index contributed by atoms with van der Waals surface area (Å²) >= 11 is 1.51. The van der Waals surface area contributed by atoms with E-state index in [-0.39, 0.29) is 30.4 Å². The molecule has 9 heteroatoms. The topological polar surface area (TPSA) is 120 Å². The second-order valence-electron chi connectivity index (χ2n) is 12.9. The maximum atomic E-state index is 13.8. The third-order valence-electron chi connectivity index (χ3n) is 8.20. The molecule has 1 heterocycles. The second kappa shape index (κ2) is 18.2. The van der Waals surface area contributed by atoms with E-state index in [2.05, 4.69) is 24.1 Å². The SMILES string of the molecule is CCC[C@H](O)C(NC[C@@H](O)[C@@H](CC(=O)c1cc(C)cc(C(=O)N(C)Cc2nc(C)cs2)c1)Cc1ccccc1)C(=O)CCC(C)C. The van der Waals surface area contributed by atoms with E-state index in [9.17, 15) is 24.6 Å². The number of aliphatic hydroxyl groups is 2. The van der Waals surface area contributed by atoms with E-state index in [0.717, 1.165) is 34.7 Å². The van der Waals surface area contributed by atoms with Gasteiger partial charge < -0.3 is 20.4 Å². The van der Waals surface area contributed by atoms with E-state index in [1.165, 1.54) is 11.3 Å². The van der Waals surface area contributed by atoms with Gasteiger partial charge in [-0.3, -0.25) is 14.4 Å². The number of rotatable bonds is 19. The van der Waals surface area contributed by atoms with Gasteiger partial charge in [-0.1, -0.05) is 57.5 Å². The monoisotopic (exact) mass is 649 g/mol. The minimum absolute atomic E-state index is 0.0481. The Morgan fingerprint density at radius 2 is 1.67 bits per heavy atom. The van der Waals surface area contributed by atoms with Crippen molar-refractivity contribution in [2.24, 2.45) is 11.8 Å². The molecule has 0 saturated carbocycles. The number of carbonyl (C=O) groups is 3. The van der Waals surface area contributed by atoms with Crippen LogP contribution in [0.1, 0.15) is 95.4 Å². The van der Waals surface area contributed by atoms with Gasteiger partial charge in [0.25, 0.3) is 5.91 Å². The highest BCUT2D eigenvalue weighted by molar-refractivity contribution is 7.09. The van der Waals surface area contributed by atoms with Crippen LogP contribution in [0.15, 0.2) is 53.9 Å². The molecule has 250 valence electrons. The van der Waals surface area contributed by atoms with Crippen molar-refractivity contribution in [1.82, 2.24) is 15.2 Å². The fraction of sp³-hybridized carbons (Fsp3) is 0.514. The number of hydrogen-bond donors (Lipinski definition) is 3. The van der Waals surface area contributed by atoms with Crippen molar-refractivity contribution in [3.05, 3.63) is 86.9 Å². The first kappa shape index (κ1) is 37.2. The molecule has 0 saturated heterocycles. The highest BCUT2D eigenvalue weighted by atomic mass is 32.1. The number of aliphatic hydroxyl groups excluding tert-OH is 2. The van der Waals surface area contributed by atoms with E-state index in [1.807, 2.05) is 56.5 Å². The van der Waals surface area contributed by atoms with Gasteiger partial charge in [-0.25, -0.2) is 4.98 Å². The fourth-order valence-electron chi connectivity index (χ4n) is 5.58. The number of nitrogens with one attached hydrogen (secondary N) is 1. The first-order valence-electron chi connectivity index (χ1n) is 16.3. The van der Waals surface area contributed by atoms with Crippen LogP contribution in [0.3, 0.4) is 0 Å². The second-order valence-corrected chi connectivity index (χ2v) is 13.9.